The average molecular weight is 260 g/mol. The number of benzene rings is 1. The van der Waals surface area contributed by atoms with E-state index in [0.717, 1.165) is 5.52 Å². The number of rotatable bonds is 5. The van der Waals surface area contributed by atoms with Gasteiger partial charge in [0.2, 0.25) is 5.91 Å². The van der Waals surface area contributed by atoms with Crippen molar-refractivity contribution in [2.45, 2.75) is 33.1 Å². The largest absolute Gasteiger partial charge is 0.441 e. The lowest BCUT2D eigenvalue weighted by molar-refractivity contribution is -0.117. The number of carbonyl (C=O) groups is 2. The van der Waals surface area contributed by atoms with Crippen LogP contribution in [0.3, 0.4) is 0 Å². The summed E-state index contributed by atoms with van der Waals surface area (Å²) in [5.41, 5.74) is 2.11. The first-order valence-electron chi connectivity index (χ1n) is 6.21. The van der Waals surface area contributed by atoms with E-state index in [1.54, 1.807) is 25.1 Å². The second kappa shape index (κ2) is 5.65. The van der Waals surface area contributed by atoms with E-state index in [1.165, 1.54) is 6.92 Å². The van der Waals surface area contributed by atoms with E-state index in [0.29, 0.717) is 36.4 Å². The van der Waals surface area contributed by atoms with Gasteiger partial charge < -0.3 is 14.5 Å². The molecule has 0 fully saturated rings. The van der Waals surface area contributed by atoms with Crippen molar-refractivity contribution in [3.8, 4) is 0 Å². The number of fused-ring (bicyclic) bond motifs is 1. The molecule has 0 bridgehead atoms. The molecule has 0 aliphatic rings. The predicted molar refractivity (Wildman–Crippen MR) is 71.9 cm³/mol. The van der Waals surface area contributed by atoms with Gasteiger partial charge in [-0.25, -0.2) is 4.98 Å². The number of carbonyl (C=O) groups excluding carboxylic acids is 2. The molecule has 0 aliphatic carbocycles. The summed E-state index contributed by atoms with van der Waals surface area (Å²) in [6.07, 6.45) is 1.36. The van der Waals surface area contributed by atoms with E-state index in [2.05, 4.69) is 10.3 Å². The number of ketones is 1. The fraction of sp³-hybridized carbons (Fsp3) is 0.357. The number of hydrogen-bond acceptors (Lipinski definition) is 4. The van der Waals surface area contributed by atoms with Crippen molar-refractivity contribution in [2.75, 3.05) is 5.32 Å². The first kappa shape index (κ1) is 13.3. The molecule has 1 aromatic heterocycles. The fourth-order valence-electron chi connectivity index (χ4n) is 1.84. The molecule has 0 atom stereocenters. The summed E-state index contributed by atoms with van der Waals surface area (Å²) in [6, 6.07) is 5.32. The minimum atomic E-state index is -0.0965. The van der Waals surface area contributed by atoms with Crippen molar-refractivity contribution in [1.82, 2.24) is 4.98 Å². The third-order valence-electron chi connectivity index (χ3n) is 2.71. The highest BCUT2D eigenvalue weighted by Gasteiger charge is 2.06. The Morgan fingerprint density at radius 2 is 2.11 bits per heavy atom. The molecule has 1 heterocycles. The Kier molecular flexibility index (Phi) is 3.94. The van der Waals surface area contributed by atoms with Gasteiger partial charge in [0.05, 0.1) is 0 Å². The SMILES string of the molecule is CC(=O)CCCC(=O)Nc1ccc2oc(C)nc2c1. The molecule has 1 aromatic carbocycles. The monoisotopic (exact) mass is 260 g/mol. The third-order valence-corrected chi connectivity index (χ3v) is 2.71. The lowest BCUT2D eigenvalue weighted by Gasteiger charge is -2.04. The average Bonchev–Trinajstić information content (AvgIpc) is 2.67. The first-order chi connectivity index (χ1) is 9.04. The highest BCUT2D eigenvalue weighted by molar-refractivity contribution is 5.93. The van der Waals surface area contributed by atoms with E-state index in [-0.39, 0.29) is 11.7 Å². The molecule has 100 valence electrons. The molecule has 0 unspecified atom stereocenters. The van der Waals surface area contributed by atoms with Crippen LogP contribution >= 0.6 is 0 Å². The maximum Gasteiger partial charge on any atom is 0.224 e. The number of hydrogen-bond donors (Lipinski definition) is 1. The van der Waals surface area contributed by atoms with Crippen LogP contribution in [0.4, 0.5) is 5.69 Å². The normalized spacial score (nSPS) is 10.6. The quantitative estimate of drug-likeness (QED) is 0.897. The summed E-state index contributed by atoms with van der Waals surface area (Å²) >= 11 is 0. The zero-order valence-corrected chi connectivity index (χ0v) is 11.0. The summed E-state index contributed by atoms with van der Waals surface area (Å²) in [7, 11) is 0. The number of aromatic nitrogens is 1. The predicted octanol–water partition coefficient (Wildman–Crippen LogP) is 2.83. The molecule has 1 amide bonds. The zero-order valence-electron chi connectivity index (χ0n) is 11.0. The highest BCUT2D eigenvalue weighted by atomic mass is 16.3. The lowest BCUT2D eigenvalue weighted by atomic mass is 10.2. The van der Waals surface area contributed by atoms with Gasteiger partial charge in [0.15, 0.2) is 11.5 Å². The van der Waals surface area contributed by atoms with Gasteiger partial charge in [0.25, 0.3) is 0 Å². The lowest BCUT2D eigenvalue weighted by Crippen LogP contribution is -2.11. The van der Waals surface area contributed by atoms with Crippen LogP contribution in [0.2, 0.25) is 0 Å². The maximum absolute atomic E-state index is 11.7. The molecule has 0 saturated heterocycles. The van der Waals surface area contributed by atoms with Gasteiger partial charge in [0, 0.05) is 25.5 Å². The van der Waals surface area contributed by atoms with Crippen LogP contribution in [0.1, 0.15) is 32.1 Å². The van der Waals surface area contributed by atoms with Crippen molar-refractivity contribution in [3.63, 3.8) is 0 Å². The summed E-state index contributed by atoms with van der Waals surface area (Å²) in [6.45, 7) is 3.30. The van der Waals surface area contributed by atoms with E-state index < -0.39 is 0 Å². The second-order valence-corrected chi connectivity index (χ2v) is 4.52. The Hall–Kier alpha value is -2.17. The van der Waals surface area contributed by atoms with Gasteiger partial charge in [-0.3, -0.25) is 4.79 Å². The summed E-state index contributed by atoms with van der Waals surface area (Å²) in [5.74, 6) is 0.605. The van der Waals surface area contributed by atoms with Crippen molar-refractivity contribution < 1.29 is 14.0 Å². The van der Waals surface area contributed by atoms with E-state index >= 15 is 0 Å². The highest BCUT2D eigenvalue weighted by Crippen LogP contribution is 2.19. The summed E-state index contributed by atoms with van der Waals surface area (Å²) in [4.78, 5) is 26.7. The third kappa shape index (κ3) is 3.64. The van der Waals surface area contributed by atoms with Gasteiger partial charge in [0.1, 0.15) is 11.3 Å². The Balaban J connectivity index is 1.96. The Labute approximate surface area is 111 Å². The first-order valence-corrected chi connectivity index (χ1v) is 6.21. The van der Waals surface area contributed by atoms with Crippen LogP contribution in [0.5, 0.6) is 0 Å². The van der Waals surface area contributed by atoms with Gasteiger partial charge in [-0.15, -0.1) is 0 Å². The van der Waals surface area contributed by atoms with Crippen LogP contribution < -0.4 is 5.32 Å². The minimum Gasteiger partial charge on any atom is -0.441 e. The molecule has 2 aromatic rings. The molecule has 0 radical (unpaired) electrons. The van der Waals surface area contributed by atoms with Crippen LogP contribution in [0.15, 0.2) is 22.6 Å². The molecule has 0 aliphatic heterocycles. The van der Waals surface area contributed by atoms with Gasteiger partial charge in [-0.05, 0) is 31.5 Å². The number of aryl methyl sites for hydroxylation is 1. The topological polar surface area (TPSA) is 72.2 Å². The molecule has 5 nitrogen and oxygen atoms in total. The molecule has 0 spiro atoms. The molecule has 1 N–H and O–H groups in total. The second-order valence-electron chi connectivity index (χ2n) is 4.52. The smallest absolute Gasteiger partial charge is 0.224 e. The minimum absolute atomic E-state index is 0.0965. The number of oxazole rings is 1. The fourth-order valence-corrected chi connectivity index (χ4v) is 1.84. The standard InChI is InChI=1S/C14H16N2O3/c1-9(17)4-3-5-14(18)16-11-6-7-13-12(8-11)15-10(2)19-13/h6-8H,3-5H2,1-2H3,(H,16,18). The van der Waals surface area contributed by atoms with E-state index in [4.69, 9.17) is 4.42 Å². The number of anilines is 1. The number of Topliss-reactive ketones (excluding diaryl/α,β-unsaturated/α-hetero) is 1. The van der Waals surface area contributed by atoms with Crippen LogP contribution in [-0.4, -0.2) is 16.7 Å². The van der Waals surface area contributed by atoms with Gasteiger partial charge >= 0.3 is 0 Å². The Morgan fingerprint density at radius 1 is 1.32 bits per heavy atom. The molecule has 2 rings (SSSR count). The number of nitrogens with one attached hydrogen (secondary N) is 1. The van der Waals surface area contributed by atoms with Crippen LogP contribution in [0, 0.1) is 6.92 Å². The summed E-state index contributed by atoms with van der Waals surface area (Å²) < 4.78 is 5.36. The number of amides is 1. The van der Waals surface area contributed by atoms with Gasteiger partial charge in [-0.1, -0.05) is 0 Å². The molecular weight excluding hydrogens is 244 g/mol. The summed E-state index contributed by atoms with van der Waals surface area (Å²) in [5, 5.41) is 2.79. The molecule has 0 saturated carbocycles. The molecule has 5 heteroatoms. The zero-order chi connectivity index (χ0) is 13.8. The van der Waals surface area contributed by atoms with Crippen molar-refractivity contribution in [1.29, 1.82) is 0 Å². The van der Waals surface area contributed by atoms with Crippen molar-refractivity contribution in [3.05, 3.63) is 24.1 Å². The van der Waals surface area contributed by atoms with Gasteiger partial charge in [-0.2, -0.15) is 0 Å². The Bertz CT molecular complexity index is 616. The van der Waals surface area contributed by atoms with Crippen molar-refractivity contribution >= 4 is 28.5 Å². The van der Waals surface area contributed by atoms with Crippen LogP contribution in [0.25, 0.3) is 11.1 Å². The van der Waals surface area contributed by atoms with E-state index in [1.807, 2.05) is 0 Å². The van der Waals surface area contributed by atoms with Crippen molar-refractivity contribution in [2.24, 2.45) is 0 Å². The number of nitrogens with zero attached hydrogens (tertiary/aromatic N) is 1. The van der Waals surface area contributed by atoms with E-state index in [9.17, 15) is 9.59 Å². The van der Waals surface area contributed by atoms with Crippen LogP contribution in [-0.2, 0) is 9.59 Å². The maximum atomic E-state index is 11.7. The Morgan fingerprint density at radius 3 is 2.84 bits per heavy atom. The molecule has 19 heavy (non-hydrogen) atoms. The molecular formula is C14H16N2O3.